The summed E-state index contributed by atoms with van der Waals surface area (Å²) in [7, 11) is 1.69. The van der Waals surface area contributed by atoms with Crippen LogP contribution in [0.4, 0.5) is 0 Å². The zero-order valence-corrected chi connectivity index (χ0v) is 13.4. The number of carbonyl (C=O) groups excluding carboxylic acids is 2. The average molecular weight is 310 g/mol. The number of carbonyl (C=O) groups is 2. The average Bonchev–Trinajstić information content (AvgIpc) is 3.01. The van der Waals surface area contributed by atoms with Crippen LogP contribution in [0.5, 0.6) is 0 Å². The van der Waals surface area contributed by atoms with Crippen molar-refractivity contribution in [3.63, 3.8) is 0 Å². The highest BCUT2D eigenvalue weighted by Crippen LogP contribution is 2.64. The summed E-state index contributed by atoms with van der Waals surface area (Å²) in [6, 6.07) is 5.61. The Kier molecular flexibility index (Phi) is 2.41. The summed E-state index contributed by atoms with van der Waals surface area (Å²) >= 11 is 0. The standard InChI is InChI=1S/C17H18N4O2/c1-15(10-18)8-17-9-16(2,20(3)14(17)23)13(22)21(17)12(15)11-5-4-6-19-7-11/h4-7,12H,8-9H2,1-3H3/t12?,15-,16?,17+/m1/s1. The van der Waals surface area contributed by atoms with Crippen LogP contribution in [0, 0.1) is 16.7 Å². The zero-order chi connectivity index (χ0) is 16.6. The van der Waals surface area contributed by atoms with E-state index in [0.29, 0.717) is 12.8 Å². The lowest BCUT2D eigenvalue weighted by Crippen LogP contribution is -2.60. The van der Waals surface area contributed by atoms with Gasteiger partial charge < -0.3 is 9.80 Å². The monoisotopic (exact) mass is 310 g/mol. The first kappa shape index (κ1) is 14.2. The molecule has 3 fully saturated rings. The number of fused-ring (bicyclic) bond motifs is 1. The van der Waals surface area contributed by atoms with E-state index in [0.717, 1.165) is 5.56 Å². The van der Waals surface area contributed by atoms with Crippen LogP contribution in [0.1, 0.15) is 38.3 Å². The molecular formula is C17H18N4O2. The molecule has 6 heteroatoms. The molecule has 2 bridgehead atoms. The second-order valence-corrected chi connectivity index (χ2v) is 7.42. The Morgan fingerprint density at radius 3 is 2.65 bits per heavy atom. The van der Waals surface area contributed by atoms with Crippen molar-refractivity contribution in [1.82, 2.24) is 14.8 Å². The van der Waals surface area contributed by atoms with Gasteiger partial charge in [-0.15, -0.1) is 0 Å². The molecule has 3 aliphatic heterocycles. The van der Waals surface area contributed by atoms with Crippen molar-refractivity contribution in [3.8, 4) is 6.07 Å². The van der Waals surface area contributed by atoms with Gasteiger partial charge in [0.05, 0.1) is 17.5 Å². The largest absolute Gasteiger partial charge is 0.329 e. The number of hydrogen-bond donors (Lipinski definition) is 0. The molecule has 3 aliphatic rings. The smallest absolute Gasteiger partial charge is 0.249 e. The van der Waals surface area contributed by atoms with Crippen molar-refractivity contribution >= 4 is 11.8 Å². The van der Waals surface area contributed by atoms with E-state index in [1.807, 2.05) is 19.9 Å². The Labute approximate surface area is 134 Å². The van der Waals surface area contributed by atoms with Crippen LogP contribution < -0.4 is 0 Å². The van der Waals surface area contributed by atoms with Gasteiger partial charge in [-0.05, 0) is 25.5 Å². The van der Waals surface area contributed by atoms with E-state index in [-0.39, 0.29) is 11.8 Å². The number of aromatic nitrogens is 1. The van der Waals surface area contributed by atoms with Crippen LogP contribution in [-0.2, 0) is 9.59 Å². The second-order valence-electron chi connectivity index (χ2n) is 7.42. The molecule has 0 aliphatic carbocycles. The van der Waals surface area contributed by atoms with Crippen molar-refractivity contribution in [2.45, 2.75) is 43.8 Å². The van der Waals surface area contributed by atoms with Crippen LogP contribution in [-0.4, -0.2) is 44.7 Å². The minimum Gasteiger partial charge on any atom is -0.329 e. The Morgan fingerprint density at radius 1 is 1.30 bits per heavy atom. The molecule has 3 saturated heterocycles. The molecule has 6 nitrogen and oxygen atoms in total. The summed E-state index contributed by atoms with van der Waals surface area (Å²) in [5, 5.41) is 9.81. The van der Waals surface area contributed by atoms with E-state index >= 15 is 0 Å². The fourth-order valence-corrected chi connectivity index (χ4v) is 4.89. The molecule has 1 aromatic heterocycles. The molecule has 1 spiro atoms. The predicted molar refractivity (Wildman–Crippen MR) is 80.7 cm³/mol. The molecule has 23 heavy (non-hydrogen) atoms. The third kappa shape index (κ3) is 1.37. The van der Waals surface area contributed by atoms with E-state index in [4.69, 9.17) is 0 Å². The molecule has 0 N–H and O–H groups in total. The van der Waals surface area contributed by atoms with Crippen molar-refractivity contribution in [3.05, 3.63) is 30.1 Å². The first-order chi connectivity index (χ1) is 10.8. The van der Waals surface area contributed by atoms with Gasteiger partial charge in [-0.2, -0.15) is 5.26 Å². The summed E-state index contributed by atoms with van der Waals surface area (Å²) in [6.07, 6.45) is 4.19. The maximum Gasteiger partial charge on any atom is 0.249 e. The lowest BCUT2D eigenvalue weighted by molar-refractivity contribution is -0.159. The minimum absolute atomic E-state index is 0.0486. The molecule has 4 heterocycles. The van der Waals surface area contributed by atoms with Gasteiger partial charge in [0.1, 0.15) is 11.1 Å². The van der Waals surface area contributed by atoms with Crippen LogP contribution in [0.15, 0.2) is 24.5 Å². The first-order valence-electron chi connectivity index (χ1n) is 7.73. The molecule has 0 saturated carbocycles. The molecule has 4 atom stereocenters. The fraction of sp³-hybridized carbons (Fsp3) is 0.529. The second kappa shape index (κ2) is 3.91. The molecule has 2 amide bonds. The summed E-state index contributed by atoms with van der Waals surface area (Å²) in [5.41, 5.74) is -1.67. The van der Waals surface area contributed by atoms with Gasteiger partial charge in [0.2, 0.25) is 11.8 Å². The van der Waals surface area contributed by atoms with E-state index in [1.165, 1.54) is 0 Å². The minimum atomic E-state index is -0.883. The molecule has 0 aromatic carbocycles. The zero-order valence-electron chi connectivity index (χ0n) is 13.4. The van der Waals surface area contributed by atoms with Crippen molar-refractivity contribution in [2.24, 2.45) is 5.41 Å². The Hall–Kier alpha value is -2.42. The van der Waals surface area contributed by atoms with E-state index in [2.05, 4.69) is 11.1 Å². The van der Waals surface area contributed by atoms with Crippen LogP contribution >= 0.6 is 0 Å². The number of hydrogen-bond acceptors (Lipinski definition) is 4. The summed E-state index contributed by atoms with van der Waals surface area (Å²) < 4.78 is 0. The molecule has 0 radical (unpaired) electrons. The molecular weight excluding hydrogens is 292 g/mol. The normalized spacial score (nSPS) is 41.4. The van der Waals surface area contributed by atoms with Crippen LogP contribution in [0.25, 0.3) is 0 Å². The number of pyridine rings is 1. The Balaban J connectivity index is 1.94. The van der Waals surface area contributed by atoms with Crippen LogP contribution in [0.3, 0.4) is 0 Å². The molecule has 1 aromatic rings. The summed E-state index contributed by atoms with van der Waals surface area (Å²) in [6.45, 7) is 3.66. The summed E-state index contributed by atoms with van der Waals surface area (Å²) in [4.78, 5) is 33.4. The SMILES string of the molecule is CN1C(=O)[C@]23CC1(C)C(=O)N2C(c1cccnc1)[C@@](C)(C#N)C3. The number of rotatable bonds is 1. The van der Waals surface area contributed by atoms with E-state index in [9.17, 15) is 14.9 Å². The summed E-state index contributed by atoms with van der Waals surface area (Å²) in [5.74, 6) is -0.111. The highest BCUT2D eigenvalue weighted by Gasteiger charge is 2.77. The third-order valence-electron chi connectivity index (χ3n) is 6.00. The third-order valence-corrected chi connectivity index (χ3v) is 6.00. The lowest BCUT2D eigenvalue weighted by atomic mass is 9.76. The van der Waals surface area contributed by atoms with Gasteiger partial charge in [-0.25, -0.2) is 0 Å². The predicted octanol–water partition coefficient (Wildman–Crippen LogP) is 1.26. The van der Waals surface area contributed by atoms with Crippen molar-refractivity contribution in [1.29, 1.82) is 5.26 Å². The van der Waals surface area contributed by atoms with Crippen molar-refractivity contribution in [2.75, 3.05) is 7.05 Å². The van der Waals surface area contributed by atoms with Gasteiger partial charge in [0, 0.05) is 32.3 Å². The number of likely N-dealkylation sites (N-methyl/N-ethyl adjacent to an activating group) is 1. The fourth-order valence-electron chi connectivity index (χ4n) is 4.89. The van der Waals surface area contributed by atoms with E-state index in [1.54, 1.807) is 35.3 Å². The number of nitrogens with zero attached hydrogens (tertiary/aromatic N) is 4. The van der Waals surface area contributed by atoms with Crippen molar-refractivity contribution < 1.29 is 9.59 Å². The number of amides is 2. The molecule has 118 valence electrons. The number of likely N-dealkylation sites (tertiary alicyclic amines) is 1. The highest BCUT2D eigenvalue weighted by molar-refractivity contribution is 6.07. The maximum atomic E-state index is 13.1. The van der Waals surface area contributed by atoms with Gasteiger partial charge in [-0.3, -0.25) is 14.6 Å². The number of piperazine rings is 1. The maximum absolute atomic E-state index is 13.1. The molecule has 4 rings (SSSR count). The first-order valence-corrected chi connectivity index (χ1v) is 7.73. The lowest BCUT2D eigenvalue weighted by Gasteiger charge is -2.41. The van der Waals surface area contributed by atoms with Gasteiger partial charge >= 0.3 is 0 Å². The Bertz CT molecular complexity index is 773. The number of nitriles is 1. The van der Waals surface area contributed by atoms with E-state index < -0.39 is 22.5 Å². The topological polar surface area (TPSA) is 77.3 Å². The van der Waals surface area contributed by atoms with Gasteiger partial charge in [0.15, 0.2) is 0 Å². The van der Waals surface area contributed by atoms with Gasteiger partial charge in [0.25, 0.3) is 0 Å². The molecule has 2 unspecified atom stereocenters. The highest BCUT2D eigenvalue weighted by atomic mass is 16.2. The quantitative estimate of drug-likeness (QED) is 0.782. The van der Waals surface area contributed by atoms with Crippen LogP contribution in [0.2, 0.25) is 0 Å². The Morgan fingerprint density at radius 2 is 2.04 bits per heavy atom. The van der Waals surface area contributed by atoms with Gasteiger partial charge in [-0.1, -0.05) is 6.07 Å².